The smallest absolute Gasteiger partial charge is 0.408 e. The first-order valence-corrected chi connectivity index (χ1v) is 11.8. The van der Waals surface area contributed by atoms with Crippen LogP contribution in [0.4, 0.5) is 4.79 Å². The molecule has 34 heavy (non-hydrogen) atoms. The minimum absolute atomic E-state index is 0.0314. The monoisotopic (exact) mass is 484 g/mol. The summed E-state index contributed by atoms with van der Waals surface area (Å²) in [4.78, 5) is 62.2. The molecule has 0 rings (SSSR count). The first-order valence-electron chi connectivity index (χ1n) is 11.8. The van der Waals surface area contributed by atoms with Crippen LogP contribution in [0.15, 0.2) is 0 Å². The molecule has 0 aromatic heterocycles. The fraction of sp³-hybridized carbons (Fsp3) is 0.792. The number of carbonyl (C=O) groups is 5. The molecule has 0 aliphatic rings. The van der Waals surface area contributed by atoms with Gasteiger partial charge in [0.2, 0.25) is 17.6 Å². The Morgan fingerprint density at radius 2 is 1.38 bits per heavy atom. The number of Topliss-reactive ketones (excluding diaryl/α,β-unsaturated/α-hetero) is 1. The summed E-state index contributed by atoms with van der Waals surface area (Å²) >= 11 is 0. The van der Waals surface area contributed by atoms with Crippen molar-refractivity contribution in [2.24, 2.45) is 17.1 Å². The lowest BCUT2D eigenvalue weighted by Crippen LogP contribution is -2.59. The lowest BCUT2D eigenvalue weighted by atomic mass is 9.86. The van der Waals surface area contributed by atoms with Crippen LogP contribution >= 0.6 is 0 Å². The van der Waals surface area contributed by atoms with Crippen LogP contribution in [-0.2, 0) is 23.9 Å². The van der Waals surface area contributed by atoms with Gasteiger partial charge in [0.05, 0.1) is 6.04 Å². The molecule has 2 unspecified atom stereocenters. The van der Waals surface area contributed by atoms with Gasteiger partial charge in [-0.15, -0.1) is 0 Å². The van der Waals surface area contributed by atoms with Crippen LogP contribution in [0.3, 0.4) is 0 Å². The van der Waals surface area contributed by atoms with E-state index in [0.717, 1.165) is 6.42 Å². The summed E-state index contributed by atoms with van der Waals surface area (Å²) < 4.78 is 5.28. The van der Waals surface area contributed by atoms with Gasteiger partial charge in [0.25, 0.3) is 5.91 Å². The Kier molecular flexibility index (Phi) is 12.3. The molecule has 5 N–H and O–H groups in total. The largest absolute Gasteiger partial charge is 0.444 e. The van der Waals surface area contributed by atoms with E-state index in [4.69, 9.17) is 10.5 Å². The van der Waals surface area contributed by atoms with Crippen molar-refractivity contribution < 1.29 is 28.7 Å². The number of amides is 4. The zero-order valence-electron chi connectivity index (χ0n) is 22.2. The van der Waals surface area contributed by atoms with Gasteiger partial charge in [-0.3, -0.25) is 19.2 Å². The van der Waals surface area contributed by atoms with E-state index < -0.39 is 58.7 Å². The summed E-state index contributed by atoms with van der Waals surface area (Å²) in [7, 11) is 0. The number of nitrogens with one attached hydrogen (secondary N) is 3. The number of nitrogens with two attached hydrogens (primary N) is 1. The van der Waals surface area contributed by atoms with Gasteiger partial charge in [0.1, 0.15) is 17.7 Å². The van der Waals surface area contributed by atoms with Crippen LogP contribution in [0, 0.1) is 11.3 Å². The molecule has 0 spiro atoms. The third-order valence-electron chi connectivity index (χ3n) is 4.85. The highest BCUT2D eigenvalue weighted by atomic mass is 16.6. The molecule has 0 aromatic rings. The van der Waals surface area contributed by atoms with E-state index in [1.54, 1.807) is 41.5 Å². The number of hydrogen-bond acceptors (Lipinski definition) is 6. The topological polar surface area (TPSA) is 157 Å². The summed E-state index contributed by atoms with van der Waals surface area (Å²) in [6.45, 7) is 16.2. The van der Waals surface area contributed by atoms with Crippen LogP contribution in [0.1, 0.15) is 88.0 Å². The molecule has 0 radical (unpaired) electrons. The summed E-state index contributed by atoms with van der Waals surface area (Å²) in [5, 5.41) is 7.87. The van der Waals surface area contributed by atoms with Crippen molar-refractivity contribution in [1.82, 2.24) is 16.0 Å². The van der Waals surface area contributed by atoms with E-state index in [2.05, 4.69) is 16.0 Å². The minimum atomic E-state index is -1.12. The van der Waals surface area contributed by atoms with Crippen molar-refractivity contribution in [2.45, 2.75) is 112 Å². The Balaban J connectivity index is 5.69. The molecule has 10 nitrogen and oxygen atoms in total. The first kappa shape index (κ1) is 31.4. The molecule has 0 heterocycles. The predicted octanol–water partition coefficient (Wildman–Crippen LogP) is 2.19. The molecule has 0 aromatic carbocycles. The molecule has 3 atom stereocenters. The highest BCUT2D eigenvalue weighted by Crippen LogP contribution is 2.21. The fourth-order valence-corrected chi connectivity index (χ4v) is 3.18. The van der Waals surface area contributed by atoms with E-state index in [-0.39, 0.29) is 18.8 Å². The average molecular weight is 485 g/mol. The standard InChI is InChI=1S/C24H44N4O6/c1-10-11-12-15(17(29)19(25)30)26-20(31)16(13-14(2)3)27-21(32)18(23(4,5)6)28-22(33)34-24(7,8)9/h14-16,18H,10-13H2,1-9H3,(H2,25,30)(H,26,31)(H,27,32)(H,28,33)/t15?,16-,18?/m0/s1. The maximum absolute atomic E-state index is 13.2. The van der Waals surface area contributed by atoms with Crippen molar-refractivity contribution in [3.05, 3.63) is 0 Å². The van der Waals surface area contributed by atoms with Crippen LogP contribution in [0.25, 0.3) is 0 Å². The lowest BCUT2D eigenvalue weighted by Gasteiger charge is -2.33. The highest BCUT2D eigenvalue weighted by Gasteiger charge is 2.37. The molecule has 196 valence electrons. The molecule has 0 aliphatic carbocycles. The van der Waals surface area contributed by atoms with Gasteiger partial charge in [-0.1, -0.05) is 54.4 Å². The molecule has 0 fully saturated rings. The molecule has 0 saturated heterocycles. The number of ketones is 1. The second kappa shape index (κ2) is 13.3. The second-order valence-electron chi connectivity index (χ2n) is 11.1. The summed E-state index contributed by atoms with van der Waals surface area (Å²) in [6.07, 6.45) is 1.16. The number of ether oxygens (including phenoxy) is 1. The Morgan fingerprint density at radius 1 is 0.853 bits per heavy atom. The number of rotatable bonds is 12. The van der Waals surface area contributed by atoms with Gasteiger partial charge >= 0.3 is 6.09 Å². The third-order valence-corrected chi connectivity index (χ3v) is 4.85. The zero-order chi connectivity index (χ0) is 26.9. The first-order chi connectivity index (χ1) is 15.4. The Labute approximate surface area is 203 Å². The van der Waals surface area contributed by atoms with Crippen molar-refractivity contribution in [3.63, 3.8) is 0 Å². The SMILES string of the molecule is CCCCC(NC(=O)[C@H](CC(C)C)NC(=O)C(NC(=O)OC(C)(C)C)C(C)(C)C)C(=O)C(N)=O. The maximum Gasteiger partial charge on any atom is 0.408 e. The van der Waals surface area contributed by atoms with Gasteiger partial charge in [0, 0.05) is 0 Å². The van der Waals surface area contributed by atoms with Crippen molar-refractivity contribution >= 4 is 29.6 Å². The summed E-state index contributed by atoms with van der Waals surface area (Å²) in [6, 6.07) is -3.04. The normalized spacial score (nSPS) is 14.5. The molecule has 0 saturated carbocycles. The number of alkyl carbamates (subject to hydrolysis) is 1. The van der Waals surface area contributed by atoms with Gasteiger partial charge in [0.15, 0.2) is 0 Å². The molecular weight excluding hydrogens is 440 g/mol. The van der Waals surface area contributed by atoms with Crippen molar-refractivity contribution in [1.29, 1.82) is 0 Å². The molecule has 0 aliphatic heterocycles. The number of primary amides is 1. The predicted molar refractivity (Wildman–Crippen MR) is 130 cm³/mol. The van der Waals surface area contributed by atoms with E-state index >= 15 is 0 Å². The quantitative estimate of drug-likeness (QED) is 0.311. The van der Waals surface area contributed by atoms with E-state index in [1.807, 2.05) is 20.8 Å². The minimum Gasteiger partial charge on any atom is -0.444 e. The van der Waals surface area contributed by atoms with E-state index in [9.17, 15) is 24.0 Å². The lowest BCUT2D eigenvalue weighted by molar-refractivity contribution is -0.139. The molecular formula is C24H44N4O6. The number of hydrogen-bond donors (Lipinski definition) is 4. The maximum atomic E-state index is 13.2. The zero-order valence-corrected chi connectivity index (χ0v) is 22.2. The van der Waals surface area contributed by atoms with Gasteiger partial charge in [-0.2, -0.15) is 0 Å². The Hall–Kier alpha value is -2.65. The van der Waals surface area contributed by atoms with Crippen LogP contribution in [0.5, 0.6) is 0 Å². The summed E-state index contributed by atoms with van der Waals surface area (Å²) in [5.74, 6) is -3.13. The number of carbonyl (C=O) groups excluding carboxylic acids is 5. The second-order valence-corrected chi connectivity index (χ2v) is 11.1. The van der Waals surface area contributed by atoms with Crippen LogP contribution in [0.2, 0.25) is 0 Å². The third kappa shape index (κ3) is 12.0. The highest BCUT2D eigenvalue weighted by molar-refractivity contribution is 6.37. The average Bonchev–Trinajstić information content (AvgIpc) is 2.65. The van der Waals surface area contributed by atoms with Crippen molar-refractivity contribution in [2.75, 3.05) is 0 Å². The van der Waals surface area contributed by atoms with E-state index in [1.165, 1.54) is 0 Å². The molecule has 10 heteroatoms. The Morgan fingerprint density at radius 3 is 1.79 bits per heavy atom. The fourth-order valence-electron chi connectivity index (χ4n) is 3.18. The summed E-state index contributed by atoms with van der Waals surface area (Å²) in [5.41, 5.74) is 3.70. The van der Waals surface area contributed by atoms with Gasteiger partial charge in [-0.05, 0) is 44.9 Å². The van der Waals surface area contributed by atoms with E-state index in [0.29, 0.717) is 6.42 Å². The van der Waals surface area contributed by atoms with Gasteiger partial charge in [-0.25, -0.2) is 4.79 Å². The molecule has 0 bridgehead atoms. The van der Waals surface area contributed by atoms with Gasteiger partial charge < -0.3 is 26.4 Å². The van der Waals surface area contributed by atoms with Crippen LogP contribution < -0.4 is 21.7 Å². The Bertz CT molecular complexity index is 737. The van der Waals surface area contributed by atoms with Crippen molar-refractivity contribution in [3.8, 4) is 0 Å². The van der Waals surface area contributed by atoms with Crippen LogP contribution in [-0.4, -0.2) is 53.3 Å². The molecule has 4 amide bonds. The number of unbranched alkanes of at least 4 members (excludes halogenated alkanes) is 1.